The molecule has 0 spiro atoms. The summed E-state index contributed by atoms with van der Waals surface area (Å²) in [6, 6.07) is 6.06. The number of hydrogen-bond acceptors (Lipinski definition) is 1. The lowest BCUT2D eigenvalue weighted by atomic mass is 10.0. The van der Waals surface area contributed by atoms with Gasteiger partial charge in [0.15, 0.2) is 0 Å². The standard InChI is InChI=1S/C11H15BrClN/c1-8(7-14-2)5-9-3-4-10(12)6-11(9)13/h3-4,6,8,14H,5,7H2,1-2H3. The molecule has 14 heavy (non-hydrogen) atoms. The van der Waals surface area contributed by atoms with Gasteiger partial charge in [-0.2, -0.15) is 0 Å². The van der Waals surface area contributed by atoms with Crippen molar-refractivity contribution in [2.45, 2.75) is 13.3 Å². The van der Waals surface area contributed by atoms with Gasteiger partial charge in [-0.3, -0.25) is 0 Å². The average molecular weight is 277 g/mol. The van der Waals surface area contributed by atoms with Gasteiger partial charge < -0.3 is 5.32 Å². The predicted octanol–water partition coefficient (Wildman–Crippen LogP) is 3.50. The molecule has 1 nitrogen and oxygen atoms in total. The molecule has 78 valence electrons. The van der Waals surface area contributed by atoms with Gasteiger partial charge in [-0.15, -0.1) is 0 Å². The third-order valence-electron chi connectivity index (χ3n) is 2.14. The maximum atomic E-state index is 6.12. The van der Waals surface area contributed by atoms with Crippen LogP contribution in [0.2, 0.25) is 5.02 Å². The molecule has 0 aliphatic heterocycles. The fourth-order valence-electron chi connectivity index (χ4n) is 1.48. The van der Waals surface area contributed by atoms with Crippen molar-refractivity contribution in [3.05, 3.63) is 33.3 Å². The topological polar surface area (TPSA) is 12.0 Å². The van der Waals surface area contributed by atoms with Gasteiger partial charge in [0.05, 0.1) is 0 Å². The highest BCUT2D eigenvalue weighted by molar-refractivity contribution is 9.10. The molecule has 1 N–H and O–H groups in total. The van der Waals surface area contributed by atoms with Crippen molar-refractivity contribution in [3.63, 3.8) is 0 Å². The molecule has 1 atom stereocenters. The van der Waals surface area contributed by atoms with Crippen LogP contribution in [0.3, 0.4) is 0 Å². The first-order chi connectivity index (χ1) is 6.63. The molecule has 0 saturated heterocycles. The number of hydrogen-bond donors (Lipinski definition) is 1. The normalized spacial score (nSPS) is 12.9. The van der Waals surface area contributed by atoms with Crippen LogP contribution < -0.4 is 5.32 Å². The molecule has 1 aromatic carbocycles. The SMILES string of the molecule is CNCC(C)Cc1ccc(Br)cc1Cl. The van der Waals surface area contributed by atoms with Crippen molar-refractivity contribution in [2.75, 3.05) is 13.6 Å². The minimum absolute atomic E-state index is 0.610. The van der Waals surface area contributed by atoms with E-state index in [4.69, 9.17) is 11.6 Å². The van der Waals surface area contributed by atoms with E-state index in [9.17, 15) is 0 Å². The summed E-state index contributed by atoms with van der Waals surface area (Å²) in [4.78, 5) is 0. The third kappa shape index (κ3) is 3.60. The van der Waals surface area contributed by atoms with Crippen LogP contribution in [0, 0.1) is 5.92 Å². The lowest BCUT2D eigenvalue weighted by molar-refractivity contribution is 0.542. The molecule has 1 aromatic rings. The maximum Gasteiger partial charge on any atom is 0.0449 e. The van der Waals surface area contributed by atoms with Crippen molar-refractivity contribution in [1.82, 2.24) is 5.32 Å². The Labute approximate surface area is 99.0 Å². The monoisotopic (exact) mass is 275 g/mol. The summed E-state index contributed by atoms with van der Waals surface area (Å²) in [7, 11) is 1.97. The van der Waals surface area contributed by atoms with Crippen LogP contribution in [0.15, 0.2) is 22.7 Å². The zero-order valence-corrected chi connectivity index (χ0v) is 10.8. The molecule has 0 saturated carbocycles. The molecule has 0 heterocycles. The smallest absolute Gasteiger partial charge is 0.0449 e. The van der Waals surface area contributed by atoms with Gasteiger partial charge >= 0.3 is 0 Å². The Morgan fingerprint density at radius 2 is 2.21 bits per heavy atom. The van der Waals surface area contributed by atoms with Gasteiger partial charge in [0.25, 0.3) is 0 Å². The Hall–Kier alpha value is -0.0500. The Kier molecular flexibility index (Phi) is 4.93. The fourth-order valence-corrected chi connectivity index (χ4v) is 2.23. The van der Waals surface area contributed by atoms with E-state index >= 15 is 0 Å². The zero-order valence-electron chi connectivity index (χ0n) is 8.48. The molecule has 0 amide bonds. The molecule has 1 rings (SSSR count). The summed E-state index contributed by atoms with van der Waals surface area (Å²) in [6.07, 6.45) is 1.02. The first-order valence-electron chi connectivity index (χ1n) is 4.72. The van der Waals surface area contributed by atoms with E-state index in [1.807, 2.05) is 19.2 Å². The second-order valence-corrected chi connectivity index (χ2v) is 4.93. The van der Waals surface area contributed by atoms with E-state index in [0.29, 0.717) is 5.92 Å². The Morgan fingerprint density at radius 3 is 2.79 bits per heavy atom. The second-order valence-electron chi connectivity index (χ2n) is 3.60. The molecule has 0 bridgehead atoms. The largest absolute Gasteiger partial charge is 0.319 e. The van der Waals surface area contributed by atoms with E-state index in [1.54, 1.807) is 0 Å². The van der Waals surface area contributed by atoms with Crippen molar-refractivity contribution in [3.8, 4) is 0 Å². The summed E-state index contributed by atoms with van der Waals surface area (Å²) >= 11 is 9.52. The summed E-state index contributed by atoms with van der Waals surface area (Å²) in [5.74, 6) is 0.610. The summed E-state index contributed by atoms with van der Waals surface area (Å²) in [6.45, 7) is 3.24. The lowest BCUT2D eigenvalue weighted by Crippen LogP contribution is -2.18. The molecule has 0 radical (unpaired) electrons. The highest BCUT2D eigenvalue weighted by Gasteiger charge is 2.06. The van der Waals surface area contributed by atoms with Crippen LogP contribution in [0.1, 0.15) is 12.5 Å². The lowest BCUT2D eigenvalue weighted by Gasteiger charge is -2.11. The zero-order chi connectivity index (χ0) is 10.6. The van der Waals surface area contributed by atoms with Gasteiger partial charge in [-0.25, -0.2) is 0 Å². The minimum Gasteiger partial charge on any atom is -0.319 e. The van der Waals surface area contributed by atoms with Gasteiger partial charge in [0.1, 0.15) is 0 Å². The highest BCUT2D eigenvalue weighted by Crippen LogP contribution is 2.23. The average Bonchev–Trinajstić information content (AvgIpc) is 2.10. The van der Waals surface area contributed by atoms with Crippen LogP contribution >= 0.6 is 27.5 Å². The van der Waals surface area contributed by atoms with Crippen LogP contribution in [0.5, 0.6) is 0 Å². The van der Waals surface area contributed by atoms with E-state index in [1.165, 1.54) is 5.56 Å². The Bertz CT molecular complexity index is 301. The van der Waals surface area contributed by atoms with E-state index in [2.05, 4.69) is 34.2 Å². The molecular formula is C11H15BrClN. The van der Waals surface area contributed by atoms with E-state index in [0.717, 1.165) is 22.5 Å². The quantitative estimate of drug-likeness (QED) is 0.887. The van der Waals surface area contributed by atoms with Crippen LogP contribution in [0.25, 0.3) is 0 Å². The van der Waals surface area contributed by atoms with Crippen molar-refractivity contribution < 1.29 is 0 Å². The molecule has 1 unspecified atom stereocenters. The van der Waals surface area contributed by atoms with Crippen molar-refractivity contribution in [1.29, 1.82) is 0 Å². The minimum atomic E-state index is 0.610. The van der Waals surface area contributed by atoms with Gasteiger partial charge in [0.2, 0.25) is 0 Å². The first kappa shape index (κ1) is 12.0. The highest BCUT2D eigenvalue weighted by atomic mass is 79.9. The fraction of sp³-hybridized carbons (Fsp3) is 0.455. The van der Waals surface area contributed by atoms with Crippen LogP contribution in [0.4, 0.5) is 0 Å². The third-order valence-corrected chi connectivity index (χ3v) is 2.98. The summed E-state index contributed by atoms with van der Waals surface area (Å²) in [5.41, 5.74) is 1.22. The second kappa shape index (κ2) is 5.74. The molecule has 0 aromatic heterocycles. The number of halogens is 2. The number of rotatable bonds is 4. The Morgan fingerprint density at radius 1 is 1.50 bits per heavy atom. The number of benzene rings is 1. The molecule has 3 heteroatoms. The van der Waals surface area contributed by atoms with Crippen molar-refractivity contribution >= 4 is 27.5 Å². The van der Waals surface area contributed by atoms with Gasteiger partial charge in [0, 0.05) is 9.50 Å². The van der Waals surface area contributed by atoms with Crippen LogP contribution in [-0.2, 0) is 6.42 Å². The summed E-state index contributed by atoms with van der Waals surface area (Å²) in [5, 5.41) is 4.02. The maximum absolute atomic E-state index is 6.12. The van der Waals surface area contributed by atoms with Gasteiger partial charge in [-0.1, -0.05) is 40.5 Å². The molecule has 0 fully saturated rings. The van der Waals surface area contributed by atoms with Crippen LogP contribution in [-0.4, -0.2) is 13.6 Å². The molecular weight excluding hydrogens is 261 g/mol. The van der Waals surface area contributed by atoms with Gasteiger partial charge in [-0.05, 0) is 43.6 Å². The molecule has 0 aliphatic carbocycles. The van der Waals surface area contributed by atoms with E-state index in [-0.39, 0.29) is 0 Å². The van der Waals surface area contributed by atoms with E-state index < -0.39 is 0 Å². The predicted molar refractivity (Wildman–Crippen MR) is 65.9 cm³/mol. The molecule has 0 aliphatic rings. The first-order valence-corrected chi connectivity index (χ1v) is 5.89. The van der Waals surface area contributed by atoms with Crippen molar-refractivity contribution in [2.24, 2.45) is 5.92 Å². The Balaban J connectivity index is 2.67. The number of nitrogens with one attached hydrogen (secondary N) is 1. The summed E-state index contributed by atoms with van der Waals surface area (Å²) < 4.78 is 1.03.